The number of hydrogen-bond acceptors (Lipinski definition) is 6. The summed E-state index contributed by atoms with van der Waals surface area (Å²) in [7, 11) is 0. The molecule has 1 aromatic carbocycles. The molecule has 0 amide bonds. The molecule has 2 aromatic rings. The van der Waals surface area contributed by atoms with Crippen LogP contribution in [-0.2, 0) is 16.0 Å². The van der Waals surface area contributed by atoms with E-state index in [-0.39, 0.29) is 24.8 Å². The number of carboxylic acids is 1. The topological polar surface area (TPSA) is 144 Å². The van der Waals surface area contributed by atoms with Crippen LogP contribution in [0.4, 0.5) is 0 Å². The Balaban J connectivity index is 2.00. The van der Waals surface area contributed by atoms with Crippen molar-refractivity contribution in [3.63, 3.8) is 0 Å². The van der Waals surface area contributed by atoms with Crippen LogP contribution in [0.2, 0.25) is 0 Å². The van der Waals surface area contributed by atoms with Crippen molar-refractivity contribution in [2.75, 3.05) is 0 Å². The van der Waals surface area contributed by atoms with Crippen molar-refractivity contribution in [2.24, 2.45) is 0 Å². The number of Topliss-reactive ketones (excluding diaryl/α,β-unsaturated/α-hetero) is 1. The van der Waals surface area contributed by atoms with Gasteiger partial charge in [-0.15, -0.1) is 6.42 Å². The van der Waals surface area contributed by atoms with Gasteiger partial charge in [0.05, 0.1) is 11.1 Å². The smallest absolute Gasteiger partial charge is 0.417 e. The minimum Gasteiger partial charge on any atom is -0.510 e. The van der Waals surface area contributed by atoms with Crippen LogP contribution in [0, 0.1) is 23.7 Å². The molecule has 0 atom stereocenters. The Morgan fingerprint density at radius 1 is 1.28 bits per heavy atom. The summed E-state index contributed by atoms with van der Waals surface area (Å²) < 4.78 is 4.89. The monoisotopic (exact) mass is 392 g/mol. The van der Waals surface area contributed by atoms with Crippen molar-refractivity contribution in [1.82, 2.24) is 4.98 Å². The van der Waals surface area contributed by atoms with E-state index in [1.807, 2.05) is 12.0 Å². The lowest BCUT2D eigenvalue weighted by molar-refractivity contribution is -0.132. The standard InChI is InChI=1S/C21H16N2O6/c1-2-15(20(26)27)17(24)7-5-3-4-6-14(12-22)18(25)11-13-8-9-19-16(10-13)23-21(28)29-19/h1,3,5-6,8-10,24H,4,7,11H2,(H,23,28)(H,26,27)/b5-3-,14-6+,17-15-. The summed E-state index contributed by atoms with van der Waals surface area (Å²) in [6, 6.07) is 6.65. The number of nitrogens with one attached hydrogen (secondary N) is 1. The summed E-state index contributed by atoms with van der Waals surface area (Å²) in [5.74, 6) is -0.943. The van der Waals surface area contributed by atoms with E-state index in [1.165, 1.54) is 12.2 Å². The molecule has 0 spiro atoms. The number of aromatic amines is 1. The Morgan fingerprint density at radius 3 is 2.69 bits per heavy atom. The number of nitrogens with zero attached hydrogens (tertiary/aromatic N) is 1. The van der Waals surface area contributed by atoms with Gasteiger partial charge in [-0.05, 0) is 24.1 Å². The molecule has 1 aromatic heterocycles. The second-order valence-electron chi connectivity index (χ2n) is 5.86. The summed E-state index contributed by atoms with van der Waals surface area (Å²) >= 11 is 0. The maximum atomic E-state index is 12.3. The molecule has 0 radical (unpaired) electrons. The third-order valence-corrected chi connectivity index (χ3v) is 3.85. The van der Waals surface area contributed by atoms with Crippen LogP contribution in [0.3, 0.4) is 0 Å². The number of aliphatic hydroxyl groups is 1. The molecule has 2 rings (SSSR count). The number of benzene rings is 1. The van der Waals surface area contributed by atoms with E-state index in [9.17, 15) is 24.8 Å². The minimum atomic E-state index is -1.40. The number of ketones is 1. The van der Waals surface area contributed by atoms with E-state index >= 15 is 0 Å². The number of aliphatic hydroxyl groups excluding tert-OH is 1. The molecule has 0 saturated heterocycles. The number of carbonyl (C=O) groups excluding carboxylic acids is 1. The van der Waals surface area contributed by atoms with E-state index in [0.29, 0.717) is 16.7 Å². The first kappa shape index (κ1) is 21.0. The van der Waals surface area contributed by atoms with Crippen molar-refractivity contribution in [2.45, 2.75) is 19.3 Å². The van der Waals surface area contributed by atoms with Gasteiger partial charge in [-0.1, -0.05) is 30.2 Å². The van der Waals surface area contributed by atoms with Gasteiger partial charge in [0.15, 0.2) is 11.4 Å². The highest BCUT2D eigenvalue weighted by atomic mass is 16.4. The number of terminal acetylenes is 1. The summed E-state index contributed by atoms with van der Waals surface area (Å²) in [6.07, 6.45) is 9.61. The van der Waals surface area contributed by atoms with Gasteiger partial charge in [-0.3, -0.25) is 9.78 Å². The van der Waals surface area contributed by atoms with Crippen molar-refractivity contribution in [3.05, 3.63) is 69.4 Å². The number of oxazole rings is 1. The lowest BCUT2D eigenvalue weighted by Crippen LogP contribution is -2.05. The van der Waals surface area contributed by atoms with Gasteiger partial charge in [0.1, 0.15) is 17.4 Å². The number of allylic oxidation sites excluding steroid dienone is 4. The predicted octanol–water partition coefficient (Wildman–Crippen LogP) is 2.55. The largest absolute Gasteiger partial charge is 0.510 e. The van der Waals surface area contributed by atoms with E-state index < -0.39 is 28.8 Å². The summed E-state index contributed by atoms with van der Waals surface area (Å²) in [5, 5.41) is 27.6. The average Bonchev–Trinajstić information content (AvgIpc) is 3.04. The summed E-state index contributed by atoms with van der Waals surface area (Å²) in [6.45, 7) is 0. The molecule has 8 nitrogen and oxygen atoms in total. The number of aliphatic carboxylic acids is 1. The summed E-state index contributed by atoms with van der Waals surface area (Å²) in [5.41, 5.74) is 0.896. The van der Waals surface area contributed by atoms with Crippen LogP contribution >= 0.6 is 0 Å². The highest BCUT2D eigenvalue weighted by Gasteiger charge is 2.11. The fourth-order valence-electron chi connectivity index (χ4n) is 2.46. The van der Waals surface area contributed by atoms with Crippen LogP contribution in [0.15, 0.2) is 62.5 Å². The number of rotatable bonds is 8. The zero-order chi connectivity index (χ0) is 21.4. The van der Waals surface area contributed by atoms with E-state index in [4.69, 9.17) is 15.9 Å². The van der Waals surface area contributed by atoms with Gasteiger partial charge in [0, 0.05) is 12.8 Å². The van der Waals surface area contributed by atoms with Gasteiger partial charge in [0.2, 0.25) is 0 Å². The predicted molar refractivity (Wildman–Crippen MR) is 104 cm³/mol. The molecule has 3 N–H and O–H groups in total. The SMILES string of the molecule is C#C/C(C(=O)O)=C(/O)C/C=C\C/C=C(\C#N)C(=O)Cc1ccc2oc(=O)[nH]c2c1. The van der Waals surface area contributed by atoms with Crippen LogP contribution in [0.1, 0.15) is 18.4 Å². The van der Waals surface area contributed by atoms with Gasteiger partial charge in [-0.2, -0.15) is 5.26 Å². The number of hydrogen-bond donors (Lipinski definition) is 3. The first-order valence-electron chi connectivity index (χ1n) is 8.38. The van der Waals surface area contributed by atoms with E-state index in [1.54, 1.807) is 24.3 Å². The molecule has 0 aliphatic rings. The van der Waals surface area contributed by atoms with Gasteiger partial charge in [-0.25, -0.2) is 9.59 Å². The minimum absolute atomic E-state index is 0.0279. The van der Waals surface area contributed by atoms with Crippen molar-refractivity contribution in [3.8, 4) is 18.4 Å². The van der Waals surface area contributed by atoms with Crippen LogP contribution in [-0.4, -0.2) is 26.9 Å². The van der Waals surface area contributed by atoms with Crippen molar-refractivity contribution in [1.29, 1.82) is 5.26 Å². The molecule has 0 aliphatic carbocycles. The molecule has 146 valence electrons. The number of H-pyrrole nitrogens is 1. The molecular formula is C21H16N2O6. The van der Waals surface area contributed by atoms with Gasteiger partial charge >= 0.3 is 11.7 Å². The molecule has 0 unspecified atom stereocenters. The average molecular weight is 392 g/mol. The zero-order valence-electron chi connectivity index (χ0n) is 15.1. The normalized spacial score (nSPS) is 12.4. The Hall–Kier alpha value is -4.30. The Morgan fingerprint density at radius 2 is 2.03 bits per heavy atom. The Labute approximate surface area is 165 Å². The second-order valence-corrected chi connectivity index (χ2v) is 5.86. The van der Waals surface area contributed by atoms with Crippen LogP contribution < -0.4 is 5.76 Å². The quantitative estimate of drug-likeness (QED) is 0.206. The summed E-state index contributed by atoms with van der Waals surface area (Å²) in [4.78, 5) is 36.8. The van der Waals surface area contributed by atoms with Crippen LogP contribution in [0.5, 0.6) is 0 Å². The Bertz CT molecular complexity index is 1180. The van der Waals surface area contributed by atoms with Gasteiger partial charge in [0.25, 0.3) is 0 Å². The molecular weight excluding hydrogens is 376 g/mol. The fourth-order valence-corrected chi connectivity index (χ4v) is 2.46. The molecule has 0 saturated carbocycles. The fraction of sp³-hybridized carbons (Fsp3) is 0.143. The Kier molecular flexibility index (Phi) is 6.94. The van der Waals surface area contributed by atoms with Crippen molar-refractivity contribution < 1.29 is 24.2 Å². The lowest BCUT2D eigenvalue weighted by Gasteiger charge is -2.00. The highest BCUT2D eigenvalue weighted by molar-refractivity contribution is 6.00. The van der Waals surface area contributed by atoms with Crippen molar-refractivity contribution >= 4 is 22.9 Å². The van der Waals surface area contributed by atoms with E-state index in [0.717, 1.165) is 0 Å². The van der Waals surface area contributed by atoms with Crippen LogP contribution in [0.25, 0.3) is 11.1 Å². The lowest BCUT2D eigenvalue weighted by atomic mass is 10.0. The first-order chi connectivity index (χ1) is 13.8. The molecule has 8 heteroatoms. The second kappa shape index (κ2) is 9.58. The first-order valence-corrected chi connectivity index (χ1v) is 8.38. The molecule has 0 aliphatic heterocycles. The number of carboxylic acid groups (broad SMARTS) is 1. The maximum absolute atomic E-state index is 12.3. The molecule has 0 bridgehead atoms. The molecule has 1 heterocycles. The highest BCUT2D eigenvalue weighted by Crippen LogP contribution is 2.14. The zero-order valence-corrected chi connectivity index (χ0v) is 15.1. The van der Waals surface area contributed by atoms with E-state index in [2.05, 4.69) is 4.98 Å². The number of fused-ring (bicyclic) bond motifs is 1. The number of carbonyl (C=O) groups is 2. The van der Waals surface area contributed by atoms with Gasteiger partial charge < -0.3 is 14.6 Å². The number of aromatic nitrogens is 1. The maximum Gasteiger partial charge on any atom is 0.417 e. The third-order valence-electron chi connectivity index (χ3n) is 3.85. The molecule has 29 heavy (non-hydrogen) atoms. The third kappa shape index (κ3) is 5.59. The number of nitriles is 1. The molecule has 0 fully saturated rings.